The molecule has 1 amide bonds. The quantitative estimate of drug-likeness (QED) is 0.204. The lowest BCUT2D eigenvalue weighted by Gasteiger charge is -2.32. The number of alkyl halides is 3. The van der Waals surface area contributed by atoms with E-state index in [1.807, 2.05) is 6.07 Å². The van der Waals surface area contributed by atoms with Gasteiger partial charge in [-0.2, -0.15) is 26.7 Å². The standard InChI is InChI=1S/C23H18F3NO7S2/c1-13-5-2-3-6-14(13)22(30)33-11-12-35-18-10-9-17-19-15(18)7-4-8-16(19)20(28)27(21(17)29)34-36(31,32)23(24,25)26/h2-10,20,28H,11-12H2,1H3. The van der Waals surface area contributed by atoms with Crippen molar-refractivity contribution in [1.29, 1.82) is 0 Å². The summed E-state index contributed by atoms with van der Waals surface area (Å²) in [6.45, 7) is 1.88. The second-order valence-electron chi connectivity index (χ2n) is 7.66. The summed E-state index contributed by atoms with van der Waals surface area (Å²) in [6, 6.07) is 14.3. The Labute approximate surface area is 207 Å². The van der Waals surface area contributed by atoms with Gasteiger partial charge in [0.2, 0.25) is 0 Å². The number of amides is 1. The lowest BCUT2D eigenvalue weighted by Crippen LogP contribution is -2.42. The number of hydroxylamine groups is 2. The number of nitrogens with zero attached hydrogens (tertiary/aromatic N) is 1. The highest BCUT2D eigenvalue weighted by molar-refractivity contribution is 7.99. The third-order valence-electron chi connectivity index (χ3n) is 5.36. The van der Waals surface area contributed by atoms with Gasteiger partial charge in [0.05, 0.1) is 11.1 Å². The van der Waals surface area contributed by atoms with E-state index in [4.69, 9.17) is 4.74 Å². The van der Waals surface area contributed by atoms with Gasteiger partial charge in [-0.25, -0.2) is 4.79 Å². The first-order valence-electron chi connectivity index (χ1n) is 10.4. The number of aliphatic hydroxyl groups excluding tert-OH is 1. The van der Waals surface area contributed by atoms with E-state index in [1.54, 1.807) is 31.2 Å². The van der Waals surface area contributed by atoms with Crippen LogP contribution < -0.4 is 0 Å². The molecule has 1 heterocycles. The summed E-state index contributed by atoms with van der Waals surface area (Å²) < 4.78 is 70.4. The molecule has 3 aromatic carbocycles. The Kier molecular flexibility index (Phi) is 7.01. The van der Waals surface area contributed by atoms with Gasteiger partial charge in [0, 0.05) is 21.6 Å². The van der Waals surface area contributed by atoms with Crippen LogP contribution in [0.1, 0.15) is 38.1 Å². The topological polar surface area (TPSA) is 110 Å². The van der Waals surface area contributed by atoms with Gasteiger partial charge in [-0.3, -0.25) is 4.79 Å². The Morgan fingerprint density at radius 2 is 1.83 bits per heavy atom. The second kappa shape index (κ2) is 9.73. The average Bonchev–Trinajstić information content (AvgIpc) is 2.82. The van der Waals surface area contributed by atoms with E-state index in [2.05, 4.69) is 4.28 Å². The van der Waals surface area contributed by atoms with E-state index in [-0.39, 0.29) is 28.2 Å². The van der Waals surface area contributed by atoms with Gasteiger partial charge < -0.3 is 9.84 Å². The number of rotatable bonds is 7. The number of halogens is 3. The third-order valence-corrected chi connectivity index (χ3v) is 7.33. The van der Waals surface area contributed by atoms with Crippen molar-refractivity contribution in [2.75, 3.05) is 12.4 Å². The predicted octanol–water partition coefficient (Wildman–Crippen LogP) is 4.33. The highest BCUT2D eigenvalue weighted by Gasteiger charge is 2.51. The molecule has 4 rings (SSSR count). The first-order valence-corrected chi connectivity index (χ1v) is 12.8. The van der Waals surface area contributed by atoms with Crippen molar-refractivity contribution in [2.24, 2.45) is 0 Å². The fourth-order valence-electron chi connectivity index (χ4n) is 3.67. The Balaban J connectivity index is 1.54. The molecule has 1 aliphatic rings. The number of carbonyl (C=O) groups is 2. The van der Waals surface area contributed by atoms with Crippen molar-refractivity contribution < 1.29 is 45.3 Å². The molecule has 1 unspecified atom stereocenters. The number of thioether (sulfide) groups is 1. The Morgan fingerprint density at radius 3 is 2.53 bits per heavy atom. The normalized spacial score (nSPS) is 15.9. The maximum Gasteiger partial charge on any atom is 0.525 e. The van der Waals surface area contributed by atoms with Crippen LogP contribution in [0.4, 0.5) is 13.2 Å². The lowest BCUT2D eigenvalue weighted by molar-refractivity contribution is -0.151. The molecule has 0 saturated heterocycles. The summed E-state index contributed by atoms with van der Waals surface area (Å²) in [7, 11) is -6.19. The van der Waals surface area contributed by atoms with Crippen LogP contribution in [-0.4, -0.2) is 48.3 Å². The van der Waals surface area contributed by atoms with Gasteiger partial charge in [-0.1, -0.05) is 36.4 Å². The zero-order chi connectivity index (χ0) is 26.3. The summed E-state index contributed by atoms with van der Waals surface area (Å²) in [5.74, 6) is -1.36. The van der Waals surface area contributed by atoms with Crippen molar-refractivity contribution in [2.45, 2.75) is 23.6 Å². The molecule has 3 aromatic rings. The van der Waals surface area contributed by atoms with E-state index >= 15 is 0 Å². The monoisotopic (exact) mass is 541 g/mol. The summed E-state index contributed by atoms with van der Waals surface area (Å²) in [6.07, 6.45) is -2.10. The lowest BCUT2D eigenvalue weighted by atomic mass is 9.94. The first-order chi connectivity index (χ1) is 16.9. The average molecular weight is 542 g/mol. The molecule has 0 aliphatic carbocycles. The zero-order valence-corrected chi connectivity index (χ0v) is 20.1. The molecule has 36 heavy (non-hydrogen) atoms. The van der Waals surface area contributed by atoms with Gasteiger partial charge in [0.15, 0.2) is 6.23 Å². The van der Waals surface area contributed by atoms with Crippen LogP contribution in [-0.2, 0) is 19.1 Å². The van der Waals surface area contributed by atoms with Gasteiger partial charge in [-0.15, -0.1) is 16.0 Å². The molecule has 190 valence electrons. The van der Waals surface area contributed by atoms with Crippen molar-refractivity contribution >= 4 is 44.5 Å². The van der Waals surface area contributed by atoms with Crippen LogP contribution in [0.2, 0.25) is 0 Å². The van der Waals surface area contributed by atoms with Gasteiger partial charge >= 0.3 is 21.6 Å². The minimum Gasteiger partial charge on any atom is -0.461 e. The van der Waals surface area contributed by atoms with Crippen molar-refractivity contribution in [1.82, 2.24) is 5.06 Å². The molecule has 0 spiro atoms. The summed E-state index contributed by atoms with van der Waals surface area (Å²) >= 11 is 1.30. The molecule has 0 aromatic heterocycles. The van der Waals surface area contributed by atoms with Crippen molar-refractivity contribution in [3.8, 4) is 0 Å². The van der Waals surface area contributed by atoms with Crippen LogP contribution in [0.15, 0.2) is 59.5 Å². The molecule has 1 aliphatic heterocycles. The number of hydrogen-bond acceptors (Lipinski definition) is 8. The summed E-state index contributed by atoms with van der Waals surface area (Å²) in [5.41, 5.74) is -4.70. The van der Waals surface area contributed by atoms with Crippen molar-refractivity contribution in [3.63, 3.8) is 0 Å². The molecule has 0 radical (unpaired) electrons. The number of esters is 1. The number of carbonyl (C=O) groups excluding carboxylic acids is 2. The molecule has 8 nitrogen and oxygen atoms in total. The number of aliphatic hydroxyl groups is 1. The highest BCUT2D eigenvalue weighted by atomic mass is 32.2. The van der Waals surface area contributed by atoms with Crippen LogP contribution in [0, 0.1) is 6.92 Å². The maximum atomic E-state index is 12.8. The molecular weight excluding hydrogens is 523 g/mol. The predicted molar refractivity (Wildman–Crippen MR) is 123 cm³/mol. The summed E-state index contributed by atoms with van der Waals surface area (Å²) in [4.78, 5) is 25.7. The molecule has 1 N–H and O–H groups in total. The smallest absolute Gasteiger partial charge is 0.461 e. The number of hydrogen-bond donors (Lipinski definition) is 1. The van der Waals surface area contributed by atoms with Crippen LogP contribution >= 0.6 is 11.8 Å². The minimum absolute atomic E-state index is 0.00657. The maximum absolute atomic E-state index is 12.8. The van der Waals surface area contributed by atoms with Crippen LogP contribution in [0.25, 0.3) is 10.8 Å². The molecule has 1 atom stereocenters. The largest absolute Gasteiger partial charge is 0.525 e. The molecule has 13 heteroatoms. The highest BCUT2D eigenvalue weighted by Crippen LogP contribution is 2.41. The van der Waals surface area contributed by atoms with E-state index in [0.717, 1.165) is 5.56 Å². The van der Waals surface area contributed by atoms with E-state index in [1.165, 1.54) is 36.0 Å². The van der Waals surface area contributed by atoms with E-state index in [0.29, 0.717) is 21.6 Å². The Hall–Kier alpha value is -3.13. The number of ether oxygens (including phenoxy) is 1. The molecule has 0 saturated carbocycles. The van der Waals surface area contributed by atoms with E-state index in [9.17, 15) is 36.3 Å². The first kappa shape index (κ1) is 25.9. The van der Waals surface area contributed by atoms with Gasteiger partial charge in [0.25, 0.3) is 5.91 Å². The number of aryl methyl sites for hydroxylation is 1. The van der Waals surface area contributed by atoms with Crippen molar-refractivity contribution in [3.05, 3.63) is 76.9 Å². The molecule has 0 bridgehead atoms. The third kappa shape index (κ3) is 4.78. The van der Waals surface area contributed by atoms with Gasteiger partial charge in [0.1, 0.15) is 6.61 Å². The molecular formula is C23H18F3NO7S2. The SMILES string of the molecule is Cc1ccccc1C(=O)OCCSc1ccc2c3c(cccc13)C(O)N(OS(=O)(=O)C(F)(F)F)C2=O. The fraction of sp³-hybridized carbons (Fsp3) is 0.217. The summed E-state index contributed by atoms with van der Waals surface area (Å²) in [5, 5.41) is 11.1. The molecule has 0 fully saturated rings. The van der Waals surface area contributed by atoms with E-state index < -0.39 is 33.7 Å². The van der Waals surface area contributed by atoms with Crippen LogP contribution in [0.3, 0.4) is 0 Å². The fourth-order valence-corrected chi connectivity index (χ4v) is 4.99. The van der Waals surface area contributed by atoms with Crippen LogP contribution in [0.5, 0.6) is 0 Å². The Bertz CT molecular complexity index is 1460. The van der Waals surface area contributed by atoms with Gasteiger partial charge in [-0.05, 0) is 36.1 Å². The Morgan fingerprint density at radius 1 is 1.11 bits per heavy atom. The minimum atomic E-state index is -6.19. The second-order valence-corrected chi connectivity index (χ2v) is 10.3. The number of benzene rings is 3. The zero-order valence-electron chi connectivity index (χ0n) is 18.5.